The number of imidazole rings is 1. The average Bonchev–Trinajstić information content (AvgIpc) is 3.16. The van der Waals surface area contributed by atoms with Crippen LogP contribution in [0, 0.1) is 0 Å². The van der Waals surface area contributed by atoms with E-state index in [0.717, 1.165) is 29.9 Å². The van der Waals surface area contributed by atoms with Crippen LogP contribution in [-0.4, -0.2) is 22.1 Å². The van der Waals surface area contributed by atoms with Gasteiger partial charge in [-0.3, -0.25) is 0 Å². The summed E-state index contributed by atoms with van der Waals surface area (Å²) in [6.07, 6.45) is 4.72. The summed E-state index contributed by atoms with van der Waals surface area (Å²) in [7, 11) is 0. The lowest BCUT2D eigenvalue weighted by Crippen LogP contribution is -2.24. The number of hydrogen-bond acceptors (Lipinski definition) is 2. The fourth-order valence-corrected chi connectivity index (χ4v) is 2.84. The molecule has 1 aromatic heterocycles. The lowest BCUT2D eigenvalue weighted by molar-refractivity contribution is 0.559. The second-order valence-electron chi connectivity index (χ2n) is 5.97. The van der Waals surface area contributed by atoms with Gasteiger partial charge < -0.3 is 9.88 Å². The molecule has 0 radical (unpaired) electrons. The Kier molecular flexibility index (Phi) is 3.99. The molecule has 2 aromatic rings. The van der Waals surface area contributed by atoms with Gasteiger partial charge in [0.15, 0.2) is 0 Å². The van der Waals surface area contributed by atoms with E-state index in [0.29, 0.717) is 12.1 Å². The van der Waals surface area contributed by atoms with Crippen molar-refractivity contribution in [2.24, 2.45) is 0 Å². The maximum atomic E-state index is 6.08. The molecule has 1 N–H and O–H groups in total. The van der Waals surface area contributed by atoms with Gasteiger partial charge in [0.25, 0.3) is 0 Å². The Morgan fingerprint density at radius 1 is 1.40 bits per heavy atom. The van der Waals surface area contributed by atoms with Gasteiger partial charge >= 0.3 is 0 Å². The van der Waals surface area contributed by atoms with Crippen molar-refractivity contribution in [2.75, 3.05) is 6.54 Å². The molecule has 0 unspecified atom stereocenters. The van der Waals surface area contributed by atoms with E-state index in [1.807, 2.05) is 12.1 Å². The predicted octanol–water partition coefficient (Wildman–Crippen LogP) is 3.96. The molecule has 4 heteroatoms. The number of fused-ring (bicyclic) bond motifs is 1. The van der Waals surface area contributed by atoms with Crippen LogP contribution in [0.25, 0.3) is 11.0 Å². The molecular formula is C16H22ClN3. The lowest BCUT2D eigenvalue weighted by atomic mass is 10.2. The smallest absolute Gasteiger partial charge is 0.110 e. The zero-order valence-electron chi connectivity index (χ0n) is 12.2. The first-order chi connectivity index (χ1) is 9.65. The minimum Gasteiger partial charge on any atom is -0.325 e. The number of benzene rings is 1. The maximum absolute atomic E-state index is 6.08. The molecule has 1 aliphatic carbocycles. The second-order valence-corrected chi connectivity index (χ2v) is 6.41. The van der Waals surface area contributed by atoms with Crippen molar-refractivity contribution in [3.8, 4) is 0 Å². The van der Waals surface area contributed by atoms with E-state index in [4.69, 9.17) is 16.6 Å². The molecule has 0 atom stereocenters. The van der Waals surface area contributed by atoms with Crippen molar-refractivity contribution < 1.29 is 0 Å². The van der Waals surface area contributed by atoms with Crippen LogP contribution in [0.3, 0.4) is 0 Å². The van der Waals surface area contributed by atoms with E-state index in [-0.39, 0.29) is 0 Å². The van der Waals surface area contributed by atoms with Gasteiger partial charge in [-0.2, -0.15) is 0 Å². The van der Waals surface area contributed by atoms with Gasteiger partial charge in [0.2, 0.25) is 0 Å². The number of halogens is 1. The highest BCUT2D eigenvalue weighted by atomic mass is 35.5. The van der Waals surface area contributed by atoms with Crippen LogP contribution in [-0.2, 0) is 6.42 Å². The highest BCUT2D eigenvalue weighted by molar-refractivity contribution is 6.31. The fraction of sp³-hybridized carbons (Fsp3) is 0.562. The summed E-state index contributed by atoms with van der Waals surface area (Å²) in [4.78, 5) is 4.80. The van der Waals surface area contributed by atoms with Gasteiger partial charge in [0.05, 0.1) is 11.0 Å². The molecule has 0 saturated heterocycles. The van der Waals surface area contributed by atoms with Crippen molar-refractivity contribution in [1.29, 1.82) is 0 Å². The molecular weight excluding hydrogens is 270 g/mol. The van der Waals surface area contributed by atoms with Crippen LogP contribution < -0.4 is 5.32 Å². The van der Waals surface area contributed by atoms with E-state index < -0.39 is 0 Å². The highest BCUT2D eigenvalue weighted by Gasteiger charge is 2.27. The van der Waals surface area contributed by atoms with Gasteiger partial charge in [-0.15, -0.1) is 0 Å². The Labute approximate surface area is 125 Å². The summed E-state index contributed by atoms with van der Waals surface area (Å²) in [5.74, 6) is 1.22. The van der Waals surface area contributed by atoms with Crippen LogP contribution >= 0.6 is 11.6 Å². The first-order valence-corrected chi connectivity index (χ1v) is 7.92. The second kappa shape index (κ2) is 5.74. The van der Waals surface area contributed by atoms with E-state index in [2.05, 4.69) is 29.8 Å². The SMILES string of the molecule is CC(C)NCCCc1nc2cc(Cl)ccc2n1C1CC1. The normalized spacial score (nSPS) is 15.4. The molecule has 0 amide bonds. The molecule has 108 valence electrons. The topological polar surface area (TPSA) is 29.9 Å². The molecule has 1 heterocycles. The van der Waals surface area contributed by atoms with Crippen molar-refractivity contribution in [1.82, 2.24) is 14.9 Å². The lowest BCUT2D eigenvalue weighted by Gasteiger charge is -2.09. The van der Waals surface area contributed by atoms with Gasteiger partial charge in [-0.1, -0.05) is 25.4 Å². The third-order valence-electron chi connectivity index (χ3n) is 3.77. The minimum absolute atomic E-state index is 0.552. The van der Waals surface area contributed by atoms with Crippen LogP contribution in [0.2, 0.25) is 5.02 Å². The summed E-state index contributed by atoms with van der Waals surface area (Å²) in [5.41, 5.74) is 2.28. The number of aromatic nitrogens is 2. The Hall–Kier alpha value is -1.06. The van der Waals surface area contributed by atoms with E-state index in [1.165, 1.54) is 24.2 Å². The molecule has 1 aromatic carbocycles. The Bertz CT molecular complexity index is 599. The molecule has 1 fully saturated rings. The highest BCUT2D eigenvalue weighted by Crippen LogP contribution is 2.39. The molecule has 0 aliphatic heterocycles. The Morgan fingerprint density at radius 3 is 2.90 bits per heavy atom. The number of aryl methyl sites for hydroxylation is 1. The summed E-state index contributed by atoms with van der Waals surface area (Å²) in [6.45, 7) is 5.41. The van der Waals surface area contributed by atoms with E-state index in [1.54, 1.807) is 0 Å². The molecule has 20 heavy (non-hydrogen) atoms. The van der Waals surface area contributed by atoms with Crippen molar-refractivity contribution in [3.63, 3.8) is 0 Å². The number of nitrogens with zero attached hydrogens (tertiary/aromatic N) is 2. The van der Waals surface area contributed by atoms with Crippen LogP contribution in [0.15, 0.2) is 18.2 Å². The zero-order chi connectivity index (χ0) is 14.1. The van der Waals surface area contributed by atoms with Crippen LogP contribution in [0.4, 0.5) is 0 Å². The summed E-state index contributed by atoms with van der Waals surface area (Å²) in [5, 5.41) is 4.23. The third-order valence-corrected chi connectivity index (χ3v) is 4.00. The monoisotopic (exact) mass is 291 g/mol. The first kappa shape index (κ1) is 13.9. The standard InChI is InChI=1S/C16H22ClN3/c1-11(2)18-9-3-4-16-19-14-10-12(17)5-8-15(14)20(16)13-6-7-13/h5,8,10-11,13,18H,3-4,6-7,9H2,1-2H3. The van der Waals surface area contributed by atoms with Gasteiger partial charge in [0, 0.05) is 23.5 Å². The molecule has 1 saturated carbocycles. The molecule has 0 spiro atoms. The summed E-state index contributed by atoms with van der Waals surface area (Å²) < 4.78 is 2.43. The number of rotatable bonds is 6. The predicted molar refractivity (Wildman–Crippen MR) is 84.5 cm³/mol. The van der Waals surface area contributed by atoms with Crippen LogP contribution in [0.1, 0.15) is 45.0 Å². The Balaban J connectivity index is 1.80. The molecule has 0 bridgehead atoms. The number of hydrogen-bond donors (Lipinski definition) is 1. The molecule has 1 aliphatic rings. The average molecular weight is 292 g/mol. The largest absolute Gasteiger partial charge is 0.325 e. The van der Waals surface area contributed by atoms with E-state index in [9.17, 15) is 0 Å². The van der Waals surface area contributed by atoms with Crippen LogP contribution in [0.5, 0.6) is 0 Å². The van der Waals surface area contributed by atoms with Crippen molar-refractivity contribution >= 4 is 22.6 Å². The maximum Gasteiger partial charge on any atom is 0.110 e. The van der Waals surface area contributed by atoms with Crippen molar-refractivity contribution in [3.05, 3.63) is 29.0 Å². The van der Waals surface area contributed by atoms with E-state index >= 15 is 0 Å². The zero-order valence-corrected chi connectivity index (χ0v) is 13.0. The van der Waals surface area contributed by atoms with Gasteiger partial charge in [-0.25, -0.2) is 4.98 Å². The quantitative estimate of drug-likeness (QED) is 0.817. The fourth-order valence-electron chi connectivity index (χ4n) is 2.68. The number of nitrogens with one attached hydrogen (secondary N) is 1. The molecule has 3 rings (SSSR count). The van der Waals surface area contributed by atoms with Crippen molar-refractivity contribution in [2.45, 2.75) is 51.6 Å². The molecule has 3 nitrogen and oxygen atoms in total. The third kappa shape index (κ3) is 2.99. The van der Waals surface area contributed by atoms with Gasteiger partial charge in [0.1, 0.15) is 5.82 Å². The summed E-state index contributed by atoms with van der Waals surface area (Å²) >= 11 is 6.08. The summed E-state index contributed by atoms with van der Waals surface area (Å²) in [6, 6.07) is 7.27. The first-order valence-electron chi connectivity index (χ1n) is 7.55. The minimum atomic E-state index is 0.552. The Morgan fingerprint density at radius 2 is 2.20 bits per heavy atom. The van der Waals surface area contributed by atoms with Gasteiger partial charge in [-0.05, 0) is 44.0 Å².